The van der Waals surface area contributed by atoms with Crippen molar-refractivity contribution >= 4 is 38.8 Å². The maximum atomic E-state index is 12.1. The van der Waals surface area contributed by atoms with E-state index in [4.69, 9.17) is 0 Å². The van der Waals surface area contributed by atoms with Gasteiger partial charge in [-0.2, -0.15) is 4.99 Å². The van der Waals surface area contributed by atoms with Crippen molar-refractivity contribution in [1.29, 1.82) is 0 Å². The molecule has 5 heteroatoms. The summed E-state index contributed by atoms with van der Waals surface area (Å²) in [6, 6.07) is 11.9. The first kappa shape index (κ1) is 13.3. The molecule has 0 unspecified atom stereocenters. The molecule has 0 N–H and O–H groups in total. The first-order valence-electron chi connectivity index (χ1n) is 6.50. The number of nitrogens with zero attached hydrogens (tertiary/aromatic N) is 2. The highest BCUT2D eigenvalue weighted by molar-refractivity contribution is 7.16. The lowest BCUT2D eigenvalue weighted by atomic mass is 10.3. The van der Waals surface area contributed by atoms with E-state index in [0.717, 1.165) is 23.3 Å². The number of fused-ring (bicyclic) bond motifs is 1. The standard InChI is InChI=1S/C15H14N2OS2/c1-2-9-17-11-6-3-4-7-12(11)20-15(17)16-14(18)13-8-5-10-19-13/h3-8,10H,2,9H2,1H3. The molecule has 0 spiro atoms. The van der Waals surface area contributed by atoms with Gasteiger partial charge in [0.05, 0.1) is 15.1 Å². The van der Waals surface area contributed by atoms with Gasteiger partial charge in [0.25, 0.3) is 5.91 Å². The summed E-state index contributed by atoms with van der Waals surface area (Å²) in [5.41, 5.74) is 1.15. The molecule has 0 aliphatic rings. The minimum atomic E-state index is -0.156. The van der Waals surface area contributed by atoms with Crippen molar-refractivity contribution in [3.8, 4) is 0 Å². The van der Waals surface area contributed by atoms with Crippen LogP contribution in [0.1, 0.15) is 23.0 Å². The van der Waals surface area contributed by atoms with E-state index >= 15 is 0 Å². The van der Waals surface area contributed by atoms with Crippen molar-refractivity contribution in [2.45, 2.75) is 19.9 Å². The monoisotopic (exact) mass is 302 g/mol. The summed E-state index contributed by atoms with van der Waals surface area (Å²) in [4.78, 5) is 17.9. The summed E-state index contributed by atoms with van der Waals surface area (Å²) in [5, 5.41) is 1.90. The van der Waals surface area contributed by atoms with Crippen LogP contribution in [0.5, 0.6) is 0 Å². The molecular formula is C15H14N2OS2. The maximum Gasteiger partial charge on any atom is 0.289 e. The zero-order valence-corrected chi connectivity index (χ0v) is 12.7. The number of carbonyl (C=O) groups is 1. The van der Waals surface area contributed by atoms with E-state index in [2.05, 4.69) is 28.6 Å². The van der Waals surface area contributed by atoms with Crippen molar-refractivity contribution < 1.29 is 4.79 Å². The van der Waals surface area contributed by atoms with E-state index in [9.17, 15) is 4.79 Å². The first-order valence-corrected chi connectivity index (χ1v) is 8.20. The van der Waals surface area contributed by atoms with Crippen LogP contribution in [0.3, 0.4) is 0 Å². The maximum absolute atomic E-state index is 12.1. The zero-order valence-electron chi connectivity index (χ0n) is 11.1. The number of para-hydroxylation sites is 1. The quantitative estimate of drug-likeness (QED) is 0.722. The number of carbonyl (C=O) groups excluding carboxylic acids is 1. The summed E-state index contributed by atoms with van der Waals surface area (Å²) in [7, 11) is 0. The Labute approximate surface area is 124 Å². The van der Waals surface area contributed by atoms with Crippen LogP contribution in [0.25, 0.3) is 10.2 Å². The molecule has 0 saturated carbocycles. The number of rotatable bonds is 3. The number of hydrogen-bond donors (Lipinski definition) is 0. The minimum Gasteiger partial charge on any atom is -0.316 e. The summed E-state index contributed by atoms with van der Waals surface area (Å²) in [5.74, 6) is -0.156. The first-order chi connectivity index (χ1) is 9.79. The average molecular weight is 302 g/mol. The lowest BCUT2D eigenvalue weighted by Gasteiger charge is -2.01. The molecule has 0 aliphatic carbocycles. The molecule has 0 atom stereocenters. The van der Waals surface area contributed by atoms with E-state index in [1.54, 1.807) is 11.3 Å². The molecule has 2 aromatic heterocycles. The molecule has 102 valence electrons. The van der Waals surface area contributed by atoms with Gasteiger partial charge in [0.15, 0.2) is 4.80 Å². The molecule has 0 bridgehead atoms. The Balaban J connectivity index is 2.15. The summed E-state index contributed by atoms with van der Waals surface area (Å²) < 4.78 is 3.30. The zero-order chi connectivity index (χ0) is 13.9. The third-order valence-electron chi connectivity index (χ3n) is 2.96. The van der Waals surface area contributed by atoms with Crippen LogP contribution < -0.4 is 4.80 Å². The van der Waals surface area contributed by atoms with Gasteiger partial charge in [-0.25, -0.2) is 0 Å². The van der Waals surface area contributed by atoms with Crippen LogP contribution in [0.4, 0.5) is 0 Å². The summed E-state index contributed by atoms with van der Waals surface area (Å²) >= 11 is 3.00. The summed E-state index contributed by atoms with van der Waals surface area (Å²) in [6.07, 6.45) is 1.01. The lowest BCUT2D eigenvalue weighted by Crippen LogP contribution is -2.16. The molecule has 3 aromatic rings. The van der Waals surface area contributed by atoms with E-state index < -0.39 is 0 Å². The third-order valence-corrected chi connectivity index (χ3v) is 4.88. The highest BCUT2D eigenvalue weighted by Gasteiger charge is 2.08. The van der Waals surface area contributed by atoms with Crippen LogP contribution in [0.2, 0.25) is 0 Å². The van der Waals surface area contributed by atoms with E-state index in [0.29, 0.717) is 4.88 Å². The van der Waals surface area contributed by atoms with Crippen molar-refractivity contribution in [3.63, 3.8) is 0 Å². The number of aryl methyl sites for hydroxylation is 1. The number of hydrogen-bond acceptors (Lipinski definition) is 3. The molecule has 0 aliphatic heterocycles. The molecule has 20 heavy (non-hydrogen) atoms. The summed E-state index contributed by atoms with van der Waals surface area (Å²) in [6.45, 7) is 3.00. The van der Waals surface area contributed by atoms with Crippen molar-refractivity contribution in [1.82, 2.24) is 4.57 Å². The second kappa shape index (κ2) is 5.73. The van der Waals surface area contributed by atoms with Gasteiger partial charge >= 0.3 is 0 Å². The number of aromatic nitrogens is 1. The van der Waals surface area contributed by atoms with Gasteiger partial charge in [0, 0.05) is 6.54 Å². The van der Waals surface area contributed by atoms with Crippen molar-refractivity contribution in [3.05, 3.63) is 51.5 Å². The topological polar surface area (TPSA) is 34.4 Å². The fourth-order valence-corrected chi connectivity index (χ4v) is 3.75. The molecule has 1 aromatic carbocycles. The molecule has 0 radical (unpaired) electrons. The molecule has 3 nitrogen and oxygen atoms in total. The number of amides is 1. The predicted molar refractivity (Wildman–Crippen MR) is 84.3 cm³/mol. The van der Waals surface area contributed by atoms with E-state index in [-0.39, 0.29) is 5.91 Å². The highest BCUT2D eigenvalue weighted by Crippen LogP contribution is 2.17. The molecular weight excluding hydrogens is 288 g/mol. The van der Waals surface area contributed by atoms with Crippen LogP contribution in [0.15, 0.2) is 46.8 Å². The average Bonchev–Trinajstić information content (AvgIpc) is 3.08. The Hall–Kier alpha value is -1.72. The third kappa shape index (κ3) is 2.46. The fraction of sp³-hybridized carbons (Fsp3) is 0.200. The van der Waals surface area contributed by atoms with Crippen LogP contribution in [-0.4, -0.2) is 10.5 Å². The number of thiazole rings is 1. The second-order valence-electron chi connectivity index (χ2n) is 4.40. The molecule has 0 fully saturated rings. The van der Waals surface area contributed by atoms with Crippen LogP contribution in [0, 0.1) is 0 Å². The van der Waals surface area contributed by atoms with Gasteiger partial charge in [-0.3, -0.25) is 4.79 Å². The van der Waals surface area contributed by atoms with Gasteiger partial charge in [-0.05, 0) is 30.0 Å². The van der Waals surface area contributed by atoms with Crippen LogP contribution >= 0.6 is 22.7 Å². The normalized spacial score (nSPS) is 12.2. The van der Waals surface area contributed by atoms with Crippen molar-refractivity contribution in [2.75, 3.05) is 0 Å². The minimum absolute atomic E-state index is 0.156. The van der Waals surface area contributed by atoms with E-state index in [1.807, 2.05) is 29.6 Å². The van der Waals surface area contributed by atoms with Crippen molar-refractivity contribution in [2.24, 2.45) is 4.99 Å². The molecule has 0 saturated heterocycles. The second-order valence-corrected chi connectivity index (χ2v) is 6.36. The van der Waals surface area contributed by atoms with Gasteiger partial charge in [0.1, 0.15) is 0 Å². The Morgan fingerprint density at radius 1 is 1.25 bits per heavy atom. The Morgan fingerprint density at radius 2 is 2.10 bits per heavy atom. The molecule has 2 heterocycles. The van der Waals surface area contributed by atoms with Crippen LogP contribution in [-0.2, 0) is 6.54 Å². The van der Waals surface area contributed by atoms with Gasteiger partial charge in [0.2, 0.25) is 0 Å². The number of benzene rings is 1. The highest BCUT2D eigenvalue weighted by atomic mass is 32.1. The largest absolute Gasteiger partial charge is 0.316 e. The Kier molecular flexibility index (Phi) is 3.80. The van der Waals surface area contributed by atoms with Gasteiger partial charge in [-0.15, -0.1) is 11.3 Å². The molecule has 1 amide bonds. The number of thiophene rings is 1. The Bertz CT molecular complexity index is 797. The lowest BCUT2D eigenvalue weighted by molar-refractivity contribution is 0.100. The van der Waals surface area contributed by atoms with Gasteiger partial charge < -0.3 is 4.57 Å². The SMILES string of the molecule is CCCn1c(=NC(=O)c2cccs2)sc2ccccc21. The fourth-order valence-electron chi connectivity index (χ4n) is 2.09. The predicted octanol–water partition coefficient (Wildman–Crippen LogP) is 3.92. The molecule has 3 rings (SSSR count). The smallest absolute Gasteiger partial charge is 0.289 e. The Morgan fingerprint density at radius 3 is 2.85 bits per heavy atom. The van der Waals surface area contributed by atoms with E-state index in [1.165, 1.54) is 16.0 Å². The van der Waals surface area contributed by atoms with Gasteiger partial charge in [-0.1, -0.05) is 36.5 Å².